The van der Waals surface area contributed by atoms with E-state index in [9.17, 15) is 26.4 Å². The standard InChI is InChI=1S/C22H17Cl2F3N2O4S/c23-17-8-6-15(22(25,26)27)10-19(17)29-21(30)13-33-20-9-7-16(11-18(20)24)34(31,32)28-12-14-4-2-1-3-5-14/h1-11,28H,12-13H2,(H,29,30). The first kappa shape index (κ1) is 25.8. The molecule has 3 aromatic rings. The Labute approximate surface area is 203 Å². The van der Waals surface area contributed by atoms with Gasteiger partial charge >= 0.3 is 6.18 Å². The summed E-state index contributed by atoms with van der Waals surface area (Å²) < 4.78 is 71.3. The lowest BCUT2D eigenvalue weighted by molar-refractivity contribution is -0.137. The average Bonchev–Trinajstić information content (AvgIpc) is 2.78. The Morgan fingerprint density at radius 3 is 2.29 bits per heavy atom. The van der Waals surface area contributed by atoms with E-state index in [1.165, 1.54) is 12.1 Å². The molecule has 0 fully saturated rings. The molecule has 34 heavy (non-hydrogen) atoms. The molecule has 0 aliphatic rings. The van der Waals surface area contributed by atoms with Gasteiger partial charge < -0.3 is 10.1 Å². The predicted molar refractivity (Wildman–Crippen MR) is 122 cm³/mol. The Kier molecular flexibility index (Phi) is 8.09. The molecule has 0 unspecified atom stereocenters. The number of rotatable bonds is 8. The fourth-order valence-electron chi connectivity index (χ4n) is 2.75. The summed E-state index contributed by atoms with van der Waals surface area (Å²) in [7, 11) is -3.87. The van der Waals surface area contributed by atoms with Gasteiger partial charge in [0.1, 0.15) is 5.75 Å². The summed E-state index contributed by atoms with van der Waals surface area (Å²) in [6.07, 6.45) is -4.61. The molecule has 0 aliphatic heterocycles. The van der Waals surface area contributed by atoms with Crippen molar-refractivity contribution in [2.45, 2.75) is 17.6 Å². The zero-order chi connectivity index (χ0) is 24.9. The quantitative estimate of drug-likeness (QED) is 0.400. The molecule has 0 heterocycles. The van der Waals surface area contributed by atoms with E-state index in [1.54, 1.807) is 24.3 Å². The van der Waals surface area contributed by atoms with Crippen LogP contribution in [0.4, 0.5) is 18.9 Å². The van der Waals surface area contributed by atoms with Crippen LogP contribution in [0.15, 0.2) is 71.6 Å². The number of alkyl halides is 3. The van der Waals surface area contributed by atoms with Crippen LogP contribution in [0.3, 0.4) is 0 Å². The third-order valence-electron chi connectivity index (χ3n) is 4.45. The molecular formula is C22H17Cl2F3N2O4S. The highest BCUT2D eigenvalue weighted by atomic mass is 35.5. The normalized spacial score (nSPS) is 11.8. The van der Waals surface area contributed by atoms with Gasteiger partial charge in [-0.3, -0.25) is 4.79 Å². The van der Waals surface area contributed by atoms with Gasteiger partial charge in [-0.15, -0.1) is 0 Å². The molecule has 3 aromatic carbocycles. The van der Waals surface area contributed by atoms with Crippen molar-refractivity contribution < 1.29 is 31.1 Å². The van der Waals surface area contributed by atoms with Crippen molar-refractivity contribution in [2.24, 2.45) is 0 Å². The van der Waals surface area contributed by atoms with Crippen LogP contribution in [0.25, 0.3) is 0 Å². The van der Waals surface area contributed by atoms with Crippen molar-refractivity contribution >= 4 is 44.8 Å². The number of ether oxygens (including phenoxy) is 1. The highest BCUT2D eigenvalue weighted by Gasteiger charge is 2.31. The number of nitrogens with one attached hydrogen (secondary N) is 2. The maximum absolute atomic E-state index is 12.9. The Bertz CT molecular complexity index is 1290. The molecule has 0 spiro atoms. The molecule has 0 saturated heterocycles. The molecule has 3 rings (SSSR count). The molecule has 1 amide bonds. The van der Waals surface area contributed by atoms with Gasteiger partial charge in [0.25, 0.3) is 5.91 Å². The first-order valence-electron chi connectivity index (χ1n) is 9.58. The Balaban J connectivity index is 1.62. The molecule has 0 saturated carbocycles. The number of hydrogen-bond acceptors (Lipinski definition) is 4. The Morgan fingerprint density at radius 1 is 0.941 bits per heavy atom. The maximum Gasteiger partial charge on any atom is 0.416 e. The average molecular weight is 533 g/mol. The van der Waals surface area contributed by atoms with Crippen LogP contribution in [0.2, 0.25) is 10.0 Å². The Morgan fingerprint density at radius 2 is 1.65 bits per heavy atom. The molecule has 0 radical (unpaired) electrons. The fourth-order valence-corrected chi connectivity index (χ4v) is 4.26. The number of carbonyl (C=O) groups excluding carboxylic acids is 1. The van der Waals surface area contributed by atoms with Gasteiger partial charge in [-0.05, 0) is 42.0 Å². The SMILES string of the molecule is O=C(COc1ccc(S(=O)(=O)NCc2ccccc2)cc1Cl)Nc1cc(C(F)(F)F)ccc1Cl. The van der Waals surface area contributed by atoms with E-state index in [-0.39, 0.29) is 32.9 Å². The highest BCUT2D eigenvalue weighted by Crippen LogP contribution is 2.34. The van der Waals surface area contributed by atoms with E-state index < -0.39 is 34.3 Å². The van der Waals surface area contributed by atoms with Gasteiger partial charge in [0, 0.05) is 6.54 Å². The van der Waals surface area contributed by atoms with Crippen molar-refractivity contribution in [1.29, 1.82) is 0 Å². The lowest BCUT2D eigenvalue weighted by Crippen LogP contribution is -2.23. The molecular weight excluding hydrogens is 516 g/mol. The largest absolute Gasteiger partial charge is 0.482 e. The molecule has 0 aliphatic carbocycles. The zero-order valence-electron chi connectivity index (χ0n) is 17.2. The molecule has 12 heteroatoms. The summed E-state index contributed by atoms with van der Waals surface area (Å²) in [5, 5.41) is 2.07. The minimum atomic E-state index is -4.61. The minimum Gasteiger partial charge on any atom is -0.482 e. The maximum atomic E-state index is 12.9. The second kappa shape index (κ2) is 10.6. The third-order valence-corrected chi connectivity index (χ3v) is 6.47. The number of carbonyl (C=O) groups is 1. The molecule has 2 N–H and O–H groups in total. The van der Waals surface area contributed by atoms with Crippen LogP contribution in [-0.2, 0) is 27.5 Å². The number of sulfonamides is 1. The number of halogens is 5. The van der Waals surface area contributed by atoms with Crippen molar-refractivity contribution in [3.63, 3.8) is 0 Å². The second-order valence-electron chi connectivity index (χ2n) is 6.93. The summed E-state index contributed by atoms with van der Waals surface area (Å²) in [5.41, 5.74) is -0.444. The van der Waals surface area contributed by atoms with Crippen LogP contribution < -0.4 is 14.8 Å². The zero-order valence-corrected chi connectivity index (χ0v) is 19.5. The van der Waals surface area contributed by atoms with Crippen LogP contribution in [0.5, 0.6) is 5.75 Å². The smallest absolute Gasteiger partial charge is 0.416 e. The minimum absolute atomic E-state index is 0.00830. The van der Waals surface area contributed by atoms with E-state index in [2.05, 4.69) is 10.0 Å². The summed E-state index contributed by atoms with van der Waals surface area (Å²) in [6, 6.07) is 15.1. The first-order chi connectivity index (χ1) is 16.0. The van der Waals surface area contributed by atoms with Gasteiger partial charge in [0.15, 0.2) is 6.61 Å². The molecule has 180 valence electrons. The van der Waals surface area contributed by atoms with Gasteiger partial charge in [-0.25, -0.2) is 13.1 Å². The van der Waals surface area contributed by atoms with Gasteiger partial charge in [0.05, 0.1) is 26.2 Å². The number of benzene rings is 3. The van der Waals surface area contributed by atoms with Gasteiger partial charge in [-0.2, -0.15) is 13.2 Å². The summed E-state index contributed by atoms with van der Waals surface area (Å²) in [6.45, 7) is -0.526. The summed E-state index contributed by atoms with van der Waals surface area (Å²) in [5.74, 6) is -0.785. The fraction of sp³-hybridized carbons (Fsp3) is 0.136. The topological polar surface area (TPSA) is 84.5 Å². The van der Waals surface area contributed by atoms with E-state index in [0.717, 1.165) is 23.8 Å². The van der Waals surface area contributed by atoms with Gasteiger partial charge in [-0.1, -0.05) is 53.5 Å². The second-order valence-corrected chi connectivity index (χ2v) is 9.51. The number of hydrogen-bond donors (Lipinski definition) is 2. The summed E-state index contributed by atoms with van der Waals surface area (Å²) in [4.78, 5) is 12.0. The molecule has 0 bridgehead atoms. The van der Waals surface area contributed by atoms with Crippen LogP contribution in [0, 0.1) is 0 Å². The van der Waals surface area contributed by atoms with Crippen LogP contribution in [0.1, 0.15) is 11.1 Å². The van der Waals surface area contributed by atoms with Crippen molar-refractivity contribution in [3.8, 4) is 5.75 Å². The summed E-state index contributed by atoms with van der Waals surface area (Å²) >= 11 is 11.9. The number of amides is 1. The highest BCUT2D eigenvalue weighted by molar-refractivity contribution is 7.89. The van der Waals surface area contributed by atoms with E-state index in [0.29, 0.717) is 6.07 Å². The van der Waals surface area contributed by atoms with Crippen molar-refractivity contribution in [3.05, 3.63) is 87.9 Å². The van der Waals surface area contributed by atoms with Crippen molar-refractivity contribution in [1.82, 2.24) is 4.72 Å². The monoisotopic (exact) mass is 532 g/mol. The first-order valence-corrected chi connectivity index (χ1v) is 11.8. The molecule has 6 nitrogen and oxygen atoms in total. The van der Waals surface area contributed by atoms with Crippen LogP contribution in [-0.4, -0.2) is 20.9 Å². The lowest BCUT2D eigenvalue weighted by Gasteiger charge is -2.13. The predicted octanol–water partition coefficient (Wildman–Crippen LogP) is 5.51. The molecule has 0 aromatic heterocycles. The van der Waals surface area contributed by atoms with E-state index in [4.69, 9.17) is 27.9 Å². The van der Waals surface area contributed by atoms with E-state index >= 15 is 0 Å². The molecule has 0 atom stereocenters. The lowest BCUT2D eigenvalue weighted by atomic mass is 10.2. The Hall–Kier alpha value is -2.79. The van der Waals surface area contributed by atoms with E-state index in [1.807, 2.05) is 6.07 Å². The number of anilines is 1. The van der Waals surface area contributed by atoms with Crippen LogP contribution >= 0.6 is 23.2 Å². The van der Waals surface area contributed by atoms with Gasteiger partial charge in [0.2, 0.25) is 10.0 Å². The third kappa shape index (κ3) is 6.86. The van der Waals surface area contributed by atoms with Crippen molar-refractivity contribution in [2.75, 3.05) is 11.9 Å².